The van der Waals surface area contributed by atoms with Crippen molar-refractivity contribution in [3.63, 3.8) is 0 Å². The number of aliphatic carboxylic acids is 1. The molecule has 0 unspecified atom stereocenters. The Bertz CT molecular complexity index is 685. The molecule has 4 nitrogen and oxygen atoms in total. The van der Waals surface area contributed by atoms with Crippen molar-refractivity contribution < 1.29 is 14.6 Å². The zero-order valence-electron chi connectivity index (χ0n) is 13.7. The summed E-state index contributed by atoms with van der Waals surface area (Å²) in [5.41, 5.74) is 3.61. The lowest BCUT2D eigenvalue weighted by Gasteiger charge is -2.14. The first-order chi connectivity index (χ1) is 11.7. The maximum atomic E-state index is 11.4. The van der Waals surface area contributed by atoms with Crippen LogP contribution in [0.1, 0.15) is 23.1 Å². The van der Waals surface area contributed by atoms with Gasteiger partial charge in [-0.2, -0.15) is 0 Å². The van der Waals surface area contributed by atoms with E-state index >= 15 is 0 Å². The van der Waals surface area contributed by atoms with Gasteiger partial charge in [0.05, 0.1) is 6.61 Å². The van der Waals surface area contributed by atoms with Crippen molar-refractivity contribution in [2.45, 2.75) is 31.7 Å². The Labute approximate surface area is 142 Å². The molecule has 24 heavy (non-hydrogen) atoms. The molecule has 0 aliphatic carbocycles. The van der Waals surface area contributed by atoms with E-state index in [1.165, 1.54) is 11.1 Å². The van der Waals surface area contributed by atoms with Crippen LogP contribution in [0.4, 0.5) is 0 Å². The van der Waals surface area contributed by atoms with E-state index in [0.29, 0.717) is 13.0 Å². The fourth-order valence-electron chi connectivity index (χ4n) is 3.06. The summed E-state index contributed by atoms with van der Waals surface area (Å²) in [6.07, 6.45) is 3.35. The minimum atomic E-state index is -0.798. The van der Waals surface area contributed by atoms with Crippen LogP contribution in [0.3, 0.4) is 0 Å². The van der Waals surface area contributed by atoms with E-state index in [0.717, 1.165) is 37.2 Å². The van der Waals surface area contributed by atoms with Gasteiger partial charge >= 0.3 is 5.97 Å². The van der Waals surface area contributed by atoms with E-state index in [1.807, 2.05) is 36.4 Å². The van der Waals surface area contributed by atoms with E-state index in [1.54, 1.807) is 0 Å². The molecule has 0 saturated heterocycles. The van der Waals surface area contributed by atoms with E-state index < -0.39 is 12.0 Å². The minimum Gasteiger partial charge on any atom is -0.493 e. The van der Waals surface area contributed by atoms with Crippen molar-refractivity contribution in [3.8, 4) is 5.75 Å². The largest absolute Gasteiger partial charge is 0.493 e. The monoisotopic (exact) mass is 325 g/mol. The maximum absolute atomic E-state index is 11.4. The zero-order chi connectivity index (χ0) is 16.8. The smallest absolute Gasteiger partial charge is 0.321 e. The van der Waals surface area contributed by atoms with Crippen LogP contribution in [-0.2, 0) is 24.1 Å². The Kier molecular flexibility index (Phi) is 5.49. The van der Waals surface area contributed by atoms with E-state index in [-0.39, 0.29) is 0 Å². The molecule has 0 fully saturated rings. The van der Waals surface area contributed by atoms with Crippen LogP contribution in [0.2, 0.25) is 0 Å². The number of carbonyl (C=O) groups is 1. The lowest BCUT2D eigenvalue weighted by atomic mass is 10.0. The first-order valence-electron chi connectivity index (χ1n) is 8.47. The van der Waals surface area contributed by atoms with Gasteiger partial charge in [0.25, 0.3) is 0 Å². The summed E-state index contributed by atoms with van der Waals surface area (Å²) < 4.78 is 5.52. The molecule has 0 saturated carbocycles. The highest BCUT2D eigenvalue weighted by molar-refractivity contribution is 5.73. The Morgan fingerprint density at radius 3 is 2.79 bits per heavy atom. The number of benzene rings is 2. The van der Waals surface area contributed by atoms with Crippen molar-refractivity contribution in [2.24, 2.45) is 0 Å². The fourth-order valence-corrected chi connectivity index (χ4v) is 3.06. The number of aryl methyl sites for hydroxylation is 1. The summed E-state index contributed by atoms with van der Waals surface area (Å²) in [4.78, 5) is 11.4. The van der Waals surface area contributed by atoms with Gasteiger partial charge in [-0.1, -0.05) is 42.5 Å². The van der Waals surface area contributed by atoms with E-state index in [9.17, 15) is 9.90 Å². The molecule has 0 bridgehead atoms. The zero-order valence-corrected chi connectivity index (χ0v) is 13.7. The summed E-state index contributed by atoms with van der Waals surface area (Å²) in [5, 5.41) is 12.5. The molecule has 4 heteroatoms. The fraction of sp³-hybridized carbons (Fsp3) is 0.350. The lowest BCUT2D eigenvalue weighted by molar-refractivity contribution is -0.139. The molecule has 2 N–H and O–H groups in total. The SMILES string of the molecule is O=C(O)[C@H](Cc1ccccc1)NCCCc1ccc2c(c1)CCO2. The molecule has 2 aromatic rings. The predicted octanol–water partition coefficient (Wildman–Crippen LogP) is 2.84. The van der Waals surface area contributed by atoms with Gasteiger partial charge in [-0.3, -0.25) is 4.79 Å². The molecule has 1 heterocycles. The number of rotatable bonds is 8. The Hall–Kier alpha value is -2.33. The number of carboxylic acids is 1. The van der Waals surface area contributed by atoms with Crippen molar-refractivity contribution in [1.82, 2.24) is 5.32 Å². The molecular weight excluding hydrogens is 302 g/mol. The van der Waals surface area contributed by atoms with Crippen molar-refractivity contribution in [3.05, 3.63) is 65.2 Å². The third-order valence-corrected chi connectivity index (χ3v) is 4.37. The van der Waals surface area contributed by atoms with E-state index in [2.05, 4.69) is 17.4 Å². The van der Waals surface area contributed by atoms with Crippen molar-refractivity contribution >= 4 is 5.97 Å². The second-order valence-electron chi connectivity index (χ2n) is 6.18. The highest BCUT2D eigenvalue weighted by atomic mass is 16.5. The summed E-state index contributed by atoms with van der Waals surface area (Å²) in [6, 6.07) is 15.5. The molecule has 0 amide bonds. The molecule has 3 rings (SSSR count). The van der Waals surface area contributed by atoms with Gasteiger partial charge in [0.2, 0.25) is 0 Å². The topological polar surface area (TPSA) is 58.6 Å². The molecule has 2 aromatic carbocycles. The van der Waals surface area contributed by atoms with Crippen molar-refractivity contribution in [1.29, 1.82) is 0 Å². The lowest BCUT2D eigenvalue weighted by Crippen LogP contribution is -2.39. The maximum Gasteiger partial charge on any atom is 0.321 e. The number of ether oxygens (including phenoxy) is 1. The normalized spacial score (nSPS) is 14.0. The summed E-state index contributed by atoms with van der Waals surface area (Å²) in [7, 11) is 0. The minimum absolute atomic E-state index is 0.506. The number of hydrogen-bond acceptors (Lipinski definition) is 3. The van der Waals surface area contributed by atoms with Gasteiger partial charge in [-0.05, 0) is 48.6 Å². The third-order valence-electron chi connectivity index (χ3n) is 4.37. The number of nitrogens with one attached hydrogen (secondary N) is 1. The summed E-state index contributed by atoms with van der Waals surface area (Å²) in [5.74, 6) is 0.208. The summed E-state index contributed by atoms with van der Waals surface area (Å²) in [6.45, 7) is 1.47. The molecule has 1 aliphatic rings. The van der Waals surface area contributed by atoms with Crippen LogP contribution in [-0.4, -0.2) is 30.3 Å². The average Bonchev–Trinajstić information content (AvgIpc) is 3.06. The first-order valence-corrected chi connectivity index (χ1v) is 8.47. The molecular formula is C20H23NO3. The average molecular weight is 325 g/mol. The second kappa shape index (κ2) is 7.97. The third kappa shape index (κ3) is 4.36. The molecule has 0 radical (unpaired) electrons. The van der Waals surface area contributed by atoms with Crippen molar-refractivity contribution in [2.75, 3.05) is 13.2 Å². The van der Waals surface area contributed by atoms with Crippen LogP contribution in [0.25, 0.3) is 0 Å². The van der Waals surface area contributed by atoms with Crippen LogP contribution < -0.4 is 10.1 Å². The van der Waals surface area contributed by atoms with Gasteiger partial charge in [-0.15, -0.1) is 0 Å². The Morgan fingerprint density at radius 2 is 2.00 bits per heavy atom. The highest BCUT2D eigenvalue weighted by Crippen LogP contribution is 2.26. The Morgan fingerprint density at radius 1 is 1.17 bits per heavy atom. The predicted molar refractivity (Wildman–Crippen MR) is 93.5 cm³/mol. The second-order valence-corrected chi connectivity index (χ2v) is 6.18. The molecule has 1 atom stereocenters. The van der Waals surface area contributed by atoms with Gasteiger partial charge in [-0.25, -0.2) is 0 Å². The molecule has 0 spiro atoms. The van der Waals surface area contributed by atoms with Gasteiger partial charge in [0.1, 0.15) is 11.8 Å². The summed E-state index contributed by atoms with van der Waals surface area (Å²) >= 11 is 0. The van der Waals surface area contributed by atoms with Crippen LogP contribution in [0.15, 0.2) is 48.5 Å². The first kappa shape index (κ1) is 16.5. The molecule has 1 aliphatic heterocycles. The number of carboxylic acid groups (broad SMARTS) is 1. The van der Waals surface area contributed by atoms with Gasteiger partial charge in [0, 0.05) is 6.42 Å². The number of fused-ring (bicyclic) bond motifs is 1. The van der Waals surface area contributed by atoms with Gasteiger partial charge < -0.3 is 15.2 Å². The van der Waals surface area contributed by atoms with Gasteiger partial charge in [0.15, 0.2) is 0 Å². The van der Waals surface area contributed by atoms with Crippen LogP contribution >= 0.6 is 0 Å². The molecule has 126 valence electrons. The quantitative estimate of drug-likeness (QED) is 0.733. The Balaban J connectivity index is 1.46. The number of hydrogen-bond donors (Lipinski definition) is 2. The van der Waals surface area contributed by atoms with Crippen LogP contribution in [0.5, 0.6) is 5.75 Å². The molecule has 0 aromatic heterocycles. The standard InChI is InChI=1S/C20H23NO3/c22-20(23)18(14-15-5-2-1-3-6-15)21-11-4-7-16-8-9-19-17(13-16)10-12-24-19/h1-3,5-6,8-9,13,18,21H,4,7,10-12,14H2,(H,22,23)/t18-/m0/s1. The van der Waals surface area contributed by atoms with Crippen LogP contribution in [0, 0.1) is 0 Å². The highest BCUT2D eigenvalue weighted by Gasteiger charge is 2.17. The van der Waals surface area contributed by atoms with E-state index in [4.69, 9.17) is 4.74 Å².